The van der Waals surface area contributed by atoms with Crippen molar-refractivity contribution >= 4 is 27.5 Å². The van der Waals surface area contributed by atoms with Crippen LogP contribution in [0.15, 0.2) is 77.4 Å². The average Bonchev–Trinajstić information content (AvgIpc) is 2.66. The summed E-state index contributed by atoms with van der Waals surface area (Å²) in [6.07, 6.45) is 2.62. The number of aromatic nitrogens is 1. The Morgan fingerprint density at radius 2 is 1.89 bits per heavy atom. The summed E-state index contributed by atoms with van der Waals surface area (Å²) in [5.41, 5.74) is 4.18. The van der Waals surface area contributed by atoms with Crippen molar-refractivity contribution in [1.29, 1.82) is 0 Å². The zero-order valence-corrected chi connectivity index (χ0v) is 16.7. The summed E-state index contributed by atoms with van der Waals surface area (Å²) in [5.74, 6) is -0.0667. The first-order valence-electron chi connectivity index (χ1n) is 8.85. The van der Waals surface area contributed by atoms with Crippen molar-refractivity contribution in [3.8, 4) is 0 Å². The number of rotatable bonds is 7. The largest absolute Gasteiger partial charge is 0.326 e. The number of benzene rings is 2. The van der Waals surface area contributed by atoms with Gasteiger partial charge >= 0.3 is 0 Å². The maximum absolute atomic E-state index is 11.3. The van der Waals surface area contributed by atoms with E-state index in [1.807, 2.05) is 42.6 Å². The number of hydrogen-bond donors (Lipinski definition) is 2. The van der Waals surface area contributed by atoms with Crippen LogP contribution in [-0.4, -0.2) is 10.9 Å². The molecule has 2 N–H and O–H groups in total. The topological polar surface area (TPSA) is 54.0 Å². The maximum atomic E-state index is 11.3. The SMILES string of the molecule is CC(=O)Nc1cccc(CNC(Cc2ccccn2)c2ccc(Br)cc2)c1. The molecule has 0 saturated heterocycles. The summed E-state index contributed by atoms with van der Waals surface area (Å²) >= 11 is 3.50. The van der Waals surface area contributed by atoms with Crippen LogP contribution in [0.1, 0.15) is 29.8 Å². The smallest absolute Gasteiger partial charge is 0.221 e. The first-order valence-corrected chi connectivity index (χ1v) is 9.65. The summed E-state index contributed by atoms with van der Waals surface area (Å²) in [5, 5.41) is 6.46. The fourth-order valence-corrected chi connectivity index (χ4v) is 3.20. The summed E-state index contributed by atoms with van der Waals surface area (Å²) in [4.78, 5) is 15.7. The molecule has 0 fully saturated rings. The molecule has 1 atom stereocenters. The number of nitrogens with one attached hydrogen (secondary N) is 2. The van der Waals surface area contributed by atoms with Crippen LogP contribution >= 0.6 is 15.9 Å². The van der Waals surface area contributed by atoms with E-state index in [4.69, 9.17) is 0 Å². The van der Waals surface area contributed by atoms with Gasteiger partial charge in [-0.15, -0.1) is 0 Å². The first kappa shape index (κ1) is 19.3. The van der Waals surface area contributed by atoms with E-state index in [0.29, 0.717) is 6.54 Å². The van der Waals surface area contributed by atoms with Gasteiger partial charge in [0.05, 0.1) is 0 Å². The van der Waals surface area contributed by atoms with E-state index in [2.05, 4.69) is 61.9 Å². The molecule has 0 aliphatic carbocycles. The molecule has 138 valence electrons. The van der Waals surface area contributed by atoms with Crippen molar-refractivity contribution in [3.05, 3.63) is 94.2 Å². The zero-order valence-electron chi connectivity index (χ0n) is 15.2. The fourth-order valence-electron chi connectivity index (χ4n) is 2.93. The Bertz CT molecular complexity index is 882. The van der Waals surface area contributed by atoms with Crippen LogP contribution in [0, 0.1) is 0 Å². The highest BCUT2D eigenvalue weighted by molar-refractivity contribution is 9.10. The number of anilines is 1. The second-order valence-electron chi connectivity index (χ2n) is 6.39. The molecule has 0 spiro atoms. The number of pyridine rings is 1. The highest BCUT2D eigenvalue weighted by atomic mass is 79.9. The Labute approximate surface area is 168 Å². The van der Waals surface area contributed by atoms with Crippen LogP contribution in [0.4, 0.5) is 5.69 Å². The van der Waals surface area contributed by atoms with E-state index in [1.165, 1.54) is 12.5 Å². The van der Waals surface area contributed by atoms with Gasteiger partial charge in [0.1, 0.15) is 0 Å². The van der Waals surface area contributed by atoms with Gasteiger partial charge in [0.15, 0.2) is 0 Å². The monoisotopic (exact) mass is 423 g/mol. The van der Waals surface area contributed by atoms with Gasteiger partial charge in [0, 0.05) is 48.0 Å². The molecule has 0 bridgehead atoms. The van der Waals surface area contributed by atoms with Gasteiger partial charge in [-0.1, -0.05) is 46.3 Å². The number of nitrogens with zero attached hydrogens (tertiary/aromatic N) is 1. The minimum Gasteiger partial charge on any atom is -0.326 e. The van der Waals surface area contributed by atoms with Crippen LogP contribution in [0.25, 0.3) is 0 Å². The average molecular weight is 424 g/mol. The summed E-state index contributed by atoms with van der Waals surface area (Å²) in [6, 6.07) is 22.4. The number of carbonyl (C=O) groups excluding carboxylic acids is 1. The molecule has 3 rings (SSSR count). The van der Waals surface area contributed by atoms with E-state index in [1.54, 1.807) is 0 Å². The van der Waals surface area contributed by atoms with Gasteiger partial charge in [-0.3, -0.25) is 9.78 Å². The minimum absolute atomic E-state index is 0.0667. The summed E-state index contributed by atoms with van der Waals surface area (Å²) in [7, 11) is 0. The summed E-state index contributed by atoms with van der Waals surface area (Å²) in [6.45, 7) is 2.21. The van der Waals surface area contributed by atoms with Crippen LogP contribution in [0.2, 0.25) is 0 Å². The Morgan fingerprint density at radius 3 is 2.59 bits per heavy atom. The Morgan fingerprint density at radius 1 is 1.07 bits per heavy atom. The van der Waals surface area contributed by atoms with Crippen LogP contribution < -0.4 is 10.6 Å². The Balaban J connectivity index is 1.75. The van der Waals surface area contributed by atoms with Gasteiger partial charge in [0.25, 0.3) is 0 Å². The maximum Gasteiger partial charge on any atom is 0.221 e. The number of hydrogen-bond acceptors (Lipinski definition) is 3. The van der Waals surface area contributed by atoms with Crippen molar-refractivity contribution in [2.24, 2.45) is 0 Å². The number of carbonyl (C=O) groups is 1. The van der Waals surface area contributed by atoms with Crippen molar-refractivity contribution in [1.82, 2.24) is 10.3 Å². The first-order chi connectivity index (χ1) is 13.1. The molecule has 3 aromatic rings. The highest BCUT2D eigenvalue weighted by Crippen LogP contribution is 2.21. The van der Waals surface area contributed by atoms with Gasteiger partial charge in [-0.2, -0.15) is 0 Å². The standard InChI is InChI=1S/C22H22BrN3O/c1-16(27)26-21-7-4-5-17(13-21)15-25-22(14-20-6-2-3-12-24-20)18-8-10-19(23)11-9-18/h2-13,22,25H,14-15H2,1H3,(H,26,27). The highest BCUT2D eigenvalue weighted by Gasteiger charge is 2.13. The third kappa shape index (κ3) is 6.01. The third-order valence-electron chi connectivity index (χ3n) is 4.21. The van der Waals surface area contributed by atoms with Gasteiger partial charge in [-0.05, 0) is 47.5 Å². The molecule has 0 saturated carbocycles. The molecule has 5 heteroatoms. The van der Waals surface area contributed by atoms with Crippen molar-refractivity contribution in [2.75, 3.05) is 5.32 Å². The Kier molecular flexibility index (Phi) is 6.74. The molecule has 1 heterocycles. The molecular weight excluding hydrogens is 402 g/mol. The molecule has 1 aromatic heterocycles. The molecule has 0 aliphatic rings. The van der Waals surface area contributed by atoms with E-state index in [9.17, 15) is 4.79 Å². The lowest BCUT2D eigenvalue weighted by atomic mass is 10.0. The molecular formula is C22H22BrN3O. The van der Waals surface area contributed by atoms with E-state index in [-0.39, 0.29) is 11.9 Å². The molecule has 27 heavy (non-hydrogen) atoms. The minimum atomic E-state index is -0.0667. The van der Waals surface area contributed by atoms with E-state index in [0.717, 1.165) is 27.8 Å². The van der Waals surface area contributed by atoms with Crippen molar-refractivity contribution in [2.45, 2.75) is 25.9 Å². The van der Waals surface area contributed by atoms with Gasteiger partial charge in [0.2, 0.25) is 5.91 Å². The molecule has 4 nitrogen and oxygen atoms in total. The zero-order chi connectivity index (χ0) is 19.1. The fraction of sp³-hybridized carbons (Fsp3) is 0.182. The molecule has 2 aromatic carbocycles. The predicted octanol–water partition coefficient (Wildman–Crippen LogP) is 4.88. The van der Waals surface area contributed by atoms with E-state index >= 15 is 0 Å². The predicted molar refractivity (Wildman–Crippen MR) is 112 cm³/mol. The lowest BCUT2D eigenvalue weighted by molar-refractivity contribution is -0.114. The van der Waals surface area contributed by atoms with Crippen molar-refractivity contribution in [3.63, 3.8) is 0 Å². The van der Waals surface area contributed by atoms with Crippen LogP contribution in [-0.2, 0) is 17.8 Å². The second-order valence-corrected chi connectivity index (χ2v) is 7.31. The van der Waals surface area contributed by atoms with Crippen LogP contribution in [0.3, 0.4) is 0 Å². The third-order valence-corrected chi connectivity index (χ3v) is 4.74. The molecule has 0 radical (unpaired) electrons. The molecule has 0 aliphatic heterocycles. The lowest BCUT2D eigenvalue weighted by Crippen LogP contribution is -2.23. The summed E-state index contributed by atoms with van der Waals surface area (Å²) < 4.78 is 1.06. The number of halogens is 1. The van der Waals surface area contributed by atoms with Crippen LogP contribution in [0.5, 0.6) is 0 Å². The lowest BCUT2D eigenvalue weighted by Gasteiger charge is -2.20. The molecule has 1 amide bonds. The second kappa shape index (κ2) is 9.44. The molecule has 1 unspecified atom stereocenters. The Hall–Kier alpha value is -2.50. The van der Waals surface area contributed by atoms with Gasteiger partial charge < -0.3 is 10.6 Å². The normalized spacial score (nSPS) is 11.8. The van der Waals surface area contributed by atoms with E-state index < -0.39 is 0 Å². The van der Waals surface area contributed by atoms with Gasteiger partial charge in [-0.25, -0.2) is 0 Å². The van der Waals surface area contributed by atoms with Crippen molar-refractivity contribution < 1.29 is 4.79 Å². The quantitative estimate of drug-likeness (QED) is 0.569. The number of amides is 1.